The van der Waals surface area contributed by atoms with Crippen molar-refractivity contribution in [1.29, 1.82) is 0 Å². The monoisotopic (exact) mass is 263 g/mol. The van der Waals surface area contributed by atoms with Gasteiger partial charge in [0.25, 0.3) is 0 Å². The van der Waals surface area contributed by atoms with Crippen molar-refractivity contribution in [1.82, 2.24) is 4.90 Å². The molecule has 4 nitrogen and oxygen atoms in total. The molecule has 1 aromatic carbocycles. The highest BCUT2D eigenvalue weighted by Crippen LogP contribution is 2.38. The fraction of sp³-hybridized carbons (Fsp3) is 0.533. The number of hydrogen-bond acceptors (Lipinski definition) is 3. The van der Waals surface area contributed by atoms with Crippen LogP contribution >= 0.6 is 0 Å². The normalized spacial score (nSPS) is 21.4. The van der Waals surface area contributed by atoms with Crippen LogP contribution in [0.25, 0.3) is 0 Å². The molecule has 0 saturated heterocycles. The van der Waals surface area contributed by atoms with Crippen LogP contribution in [0.15, 0.2) is 24.3 Å². The van der Waals surface area contributed by atoms with Crippen LogP contribution in [0, 0.1) is 11.8 Å². The molecule has 2 atom stereocenters. The van der Waals surface area contributed by atoms with Crippen LogP contribution in [-0.2, 0) is 11.2 Å². The molecule has 4 heteroatoms. The van der Waals surface area contributed by atoms with E-state index in [9.17, 15) is 4.79 Å². The summed E-state index contributed by atoms with van der Waals surface area (Å²) in [7, 11) is 3.72. The van der Waals surface area contributed by atoms with Gasteiger partial charge in [0.15, 0.2) is 0 Å². The number of carbonyl (C=O) groups is 1. The molecule has 0 bridgehead atoms. The van der Waals surface area contributed by atoms with Crippen molar-refractivity contribution in [3.05, 3.63) is 29.8 Å². The predicted molar refractivity (Wildman–Crippen MR) is 73.4 cm³/mol. The molecule has 1 aromatic rings. The number of aliphatic carboxylic acids is 1. The summed E-state index contributed by atoms with van der Waals surface area (Å²) in [5, 5.41) is 8.87. The third kappa shape index (κ3) is 3.96. The Kier molecular flexibility index (Phi) is 4.43. The fourth-order valence-corrected chi connectivity index (χ4v) is 2.39. The second kappa shape index (κ2) is 6.06. The van der Waals surface area contributed by atoms with Gasteiger partial charge in [-0.2, -0.15) is 0 Å². The topological polar surface area (TPSA) is 49.8 Å². The minimum atomic E-state index is -0.647. The zero-order chi connectivity index (χ0) is 13.8. The van der Waals surface area contributed by atoms with Gasteiger partial charge in [0.2, 0.25) is 0 Å². The number of likely N-dealkylation sites (N-methyl/N-ethyl adjacent to an activating group) is 1. The first-order valence-electron chi connectivity index (χ1n) is 6.64. The molecule has 0 spiro atoms. The zero-order valence-corrected chi connectivity index (χ0v) is 11.5. The Morgan fingerprint density at radius 3 is 2.95 bits per heavy atom. The molecule has 0 aromatic heterocycles. The van der Waals surface area contributed by atoms with Crippen LogP contribution in [0.1, 0.15) is 12.0 Å². The smallest absolute Gasteiger partial charge is 0.306 e. The molecule has 19 heavy (non-hydrogen) atoms. The molecule has 1 saturated carbocycles. The molecule has 1 aliphatic carbocycles. The standard InChI is InChI=1S/C15H21NO3/c1-16(10-12-9-14(12)15(17)18)7-6-11-4-3-5-13(8-11)19-2/h3-5,8,12,14H,6-7,9-10H2,1-2H3,(H,17,18). The molecule has 104 valence electrons. The summed E-state index contributed by atoms with van der Waals surface area (Å²) in [5.41, 5.74) is 1.25. The van der Waals surface area contributed by atoms with Crippen molar-refractivity contribution in [3.63, 3.8) is 0 Å². The zero-order valence-electron chi connectivity index (χ0n) is 11.5. The summed E-state index contributed by atoms with van der Waals surface area (Å²) >= 11 is 0. The highest BCUT2D eigenvalue weighted by atomic mass is 16.5. The maximum absolute atomic E-state index is 10.8. The van der Waals surface area contributed by atoms with Gasteiger partial charge >= 0.3 is 5.97 Å². The van der Waals surface area contributed by atoms with E-state index in [0.29, 0.717) is 5.92 Å². The van der Waals surface area contributed by atoms with Crippen molar-refractivity contribution in [2.75, 3.05) is 27.2 Å². The first-order valence-corrected chi connectivity index (χ1v) is 6.64. The molecular weight excluding hydrogens is 242 g/mol. The predicted octanol–water partition coefficient (Wildman–Crippen LogP) is 1.89. The lowest BCUT2D eigenvalue weighted by molar-refractivity contribution is -0.138. The van der Waals surface area contributed by atoms with Gasteiger partial charge in [0.05, 0.1) is 13.0 Å². The molecule has 0 heterocycles. The molecular formula is C15H21NO3. The van der Waals surface area contributed by atoms with Crippen LogP contribution < -0.4 is 4.74 Å². The summed E-state index contributed by atoms with van der Waals surface area (Å²) in [4.78, 5) is 13.0. The number of carboxylic acid groups (broad SMARTS) is 1. The average Bonchev–Trinajstić information content (AvgIpc) is 3.16. The van der Waals surface area contributed by atoms with Gasteiger partial charge in [0.1, 0.15) is 5.75 Å². The first-order chi connectivity index (χ1) is 9.10. The molecule has 0 amide bonds. The van der Waals surface area contributed by atoms with Gasteiger partial charge in [-0.3, -0.25) is 4.79 Å². The van der Waals surface area contributed by atoms with Crippen LogP contribution in [0.2, 0.25) is 0 Å². The lowest BCUT2D eigenvalue weighted by Gasteiger charge is -2.16. The van der Waals surface area contributed by atoms with Crippen LogP contribution in [-0.4, -0.2) is 43.2 Å². The molecule has 1 fully saturated rings. The van der Waals surface area contributed by atoms with E-state index >= 15 is 0 Å². The maximum atomic E-state index is 10.8. The molecule has 0 aliphatic heterocycles. The molecule has 2 unspecified atom stereocenters. The summed E-state index contributed by atoms with van der Waals surface area (Å²) in [6.07, 6.45) is 1.79. The van der Waals surface area contributed by atoms with E-state index in [1.165, 1.54) is 5.56 Å². The fourth-order valence-electron chi connectivity index (χ4n) is 2.39. The summed E-state index contributed by atoms with van der Waals surface area (Å²) in [5.74, 6) is 0.464. The SMILES string of the molecule is COc1cccc(CCN(C)CC2CC2C(=O)O)c1. The van der Waals surface area contributed by atoms with E-state index < -0.39 is 5.97 Å². The van der Waals surface area contributed by atoms with E-state index in [-0.39, 0.29) is 5.92 Å². The molecule has 1 aliphatic rings. The highest BCUT2D eigenvalue weighted by molar-refractivity contribution is 5.73. The van der Waals surface area contributed by atoms with Crippen molar-refractivity contribution in [2.45, 2.75) is 12.8 Å². The molecule has 0 radical (unpaired) electrons. The van der Waals surface area contributed by atoms with E-state index in [1.54, 1.807) is 7.11 Å². The number of hydrogen-bond donors (Lipinski definition) is 1. The quantitative estimate of drug-likeness (QED) is 0.816. The second-order valence-electron chi connectivity index (χ2n) is 5.30. The summed E-state index contributed by atoms with van der Waals surface area (Å²) in [6, 6.07) is 8.07. The highest BCUT2D eigenvalue weighted by Gasteiger charge is 2.43. The van der Waals surface area contributed by atoms with Crippen molar-refractivity contribution in [2.24, 2.45) is 11.8 Å². The minimum Gasteiger partial charge on any atom is -0.497 e. The Morgan fingerprint density at radius 1 is 1.53 bits per heavy atom. The van der Waals surface area contributed by atoms with Crippen molar-refractivity contribution < 1.29 is 14.6 Å². The van der Waals surface area contributed by atoms with Gasteiger partial charge in [-0.15, -0.1) is 0 Å². The largest absolute Gasteiger partial charge is 0.497 e. The summed E-state index contributed by atoms with van der Waals surface area (Å²) in [6.45, 7) is 1.82. The van der Waals surface area contributed by atoms with Crippen molar-refractivity contribution >= 4 is 5.97 Å². The molecule has 2 rings (SSSR count). The lowest BCUT2D eigenvalue weighted by Crippen LogP contribution is -2.24. The van der Waals surface area contributed by atoms with Crippen LogP contribution in [0.5, 0.6) is 5.75 Å². The summed E-state index contributed by atoms with van der Waals surface area (Å²) < 4.78 is 5.20. The van der Waals surface area contributed by atoms with Gasteiger partial charge in [0, 0.05) is 13.1 Å². The van der Waals surface area contributed by atoms with E-state index in [0.717, 1.165) is 31.7 Å². The Balaban J connectivity index is 1.74. The number of ether oxygens (including phenoxy) is 1. The number of rotatable bonds is 7. The Morgan fingerprint density at radius 2 is 2.32 bits per heavy atom. The van der Waals surface area contributed by atoms with Crippen molar-refractivity contribution in [3.8, 4) is 5.75 Å². The van der Waals surface area contributed by atoms with Gasteiger partial charge < -0.3 is 14.7 Å². The number of methoxy groups -OCH3 is 1. The third-order valence-electron chi connectivity index (χ3n) is 3.70. The van der Waals surface area contributed by atoms with Gasteiger partial charge in [-0.25, -0.2) is 0 Å². The maximum Gasteiger partial charge on any atom is 0.306 e. The van der Waals surface area contributed by atoms with Crippen LogP contribution in [0.3, 0.4) is 0 Å². The number of nitrogens with zero attached hydrogens (tertiary/aromatic N) is 1. The minimum absolute atomic E-state index is 0.112. The second-order valence-corrected chi connectivity index (χ2v) is 5.30. The third-order valence-corrected chi connectivity index (χ3v) is 3.70. The van der Waals surface area contributed by atoms with Crippen LogP contribution in [0.4, 0.5) is 0 Å². The Hall–Kier alpha value is -1.55. The number of benzene rings is 1. The Labute approximate surface area is 114 Å². The van der Waals surface area contributed by atoms with Gasteiger partial charge in [-0.05, 0) is 43.5 Å². The van der Waals surface area contributed by atoms with E-state index in [1.807, 2.05) is 18.2 Å². The van der Waals surface area contributed by atoms with Gasteiger partial charge in [-0.1, -0.05) is 12.1 Å². The van der Waals surface area contributed by atoms with E-state index in [4.69, 9.17) is 9.84 Å². The average molecular weight is 263 g/mol. The number of carboxylic acids is 1. The first kappa shape index (κ1) is 13.9. The van der Waals surface area contributed by atoms with E-state index in [2.05, 4.69) is 18.0 Å². The lowest BCUT2D eigenvalue weighted by atomic mass is 10.1. The molecule has 1 N–H and O–H groups in total. The Bertz CT molecular complexity index is 447.